The Labute approximate surface area is 213 Å². The second-order valence-corrected chi connectivity index (χ2v) is 9.45. The minimum absolute atomic E-state index is 0.873. The molecule has 3 heterocycles. The number of nitrogens with zero attached hydrogens (tertiary/aromatic N) is 3. The molecule has 3 nitrogen and oxygen atoms in total. The van der Waals surface area contributed by atoms with Crippen molar-refractivity contribution in [1.29, 1.82) is 0 Å². The lowest BCUT2D eigenvalue weighted by Crippen LogP contribution is -1.99. The monoisotopic (exact) mass is 471 g/mol. The highest BCUT2D eigenvalue weighted by atomic mass is 15.0. The Balaban J connectivity index is 1.72. The number of aromatic nitrogens is 3. The fourth-order valence-electron chi connectivity index (χ4n) is 5.69. The Hall–Kier alpha value is -5.02. The van der Waals surface area contributed by atoms with Crippen molar-refractivity contribution in [3.05, 3.63) is 127 Å². The second-order valence-electron chi connectivity index (χ2n) is 9.45. The molecule has 0 bridgehead atoms. The van der Waals surface area contributed by atoms with Gasteiger partial charge >= 0.3 is 0 Å². The van der Waals surface area contributed by atoms with Crippen molar-refractivity contribution in [2.24, 2.45) is 0 Å². The molecule has 0 radical (unpaired) electrons. The summed E-state index contributed by atoms with van der Waals surface area (Å²) in [4.78, 5) is 10.4. The van der Waals surface area contributed by atoms with Gasteiger partial charge in [-0.1, -0.05) is 109 Å². The maximum atomic E-state index is 5.23. The van der Waals surface area contributed by atoms with Crippen LogP contribution < -0.4 is 0 Å². The molecule has 0 saturated carbocycles. The molecule has 0 fully saturated rings. The van der Waals surface area contributed by atoms with Gasteiger partial charge in [-0.15, -0.1) is 0 Å². The number of benzene rings is 5. The maximum Gasteiger partial charge on any atom is 0.165 e. The average Bonchev–Trinajstić information content (AvgIpc) is 3.38. The molecule has 3 heteroatoms. The number of hydrogen-bond acceptors (Lipinski definition) is 2. The van der Waals surface area contributed by atoms with E-state index in [9.17, 15) is 0 Å². The van der Waals surface area contributed by atoms with Crippen molar-refractivity contribution >= 4 is 49.3 Å². The topological polar surface area (TPSA) is 30.2 Å². The summed E-state index contributed by atoms with van der Waals surface area (Å²) in [5.74, 6) is 0. The fraction of sp³-hybridized carbons (Fsp3) is 0. The summed E-state index contributed by atoms with van der Waals surface area (Å²) in [6.45, 7) is 0. The number of rotatable bonds is 2. The predicted molar refractivity (Wildman–Crippen MR) is 154 cm³/mol. The van der Waals surface area contributed by atoms with Gasteiger partial charge in [0, 0.05) is 16.3 Å². The van der Waals surface area contributed by atoms with Gasteiger partial charge in [-0.2, -0.15) is 0 Å². The van der Waals surface area contributed by atoms with Crippen LogP contribution in [0, 0.1) is 0 Å². The summed E-state index contributed by atoms with van der Waals surface area (Å²) in [6, 6.07) is 44.8. The first-order valence-electron chi connectivity index (χ1n) is 12.5. The molecule has 0 atom stereocenters. The van der Waals surface area contributed by atoms with Crippen LogP contribution in [-0.2, 0) is 0 Å². The van der Waals surface area contributed by atoms with Crippen LogP contribution in [-0.4, -0.2) is 14.4 Å². The highest BCUT2D eigenvalue weighted by Gasteiger charge is 2.21. The molecule has 8 aromatic rings. The largest absolute Gasteiger partial charge is 0.291 e. The first-order chi connectivity index (χ1) is 18.4. The summed E-state index contributed by atoms with van der Waals surface area (Å²) in [5, 5.41) is 4.76. The molecule has 3 aromatic heterocycles. The molecule has 0 spiro atoms. The molecule has 0 aliphatic heterocycles. The normalized spacial score (nSPS) is 11.8. The van der Waals surface area contributed by atoms with Gasteiger partial charge in [0.15, 0.2) is 5.65 Å². The van der Waals surface area contributed by atoms with E-state index in [1.807, 2.05) is 24.3 Å². The zero-order chi connectivity index (χ0) is 24.3. The summed E-state index contributed by atoms with van der Waals surface area (Å²) in [5.41, 5.74) is 9.38. The number of fused-ring (bicyclic) bond motifs is 9. The van der Waals surface area contributed by atoms with E-state index in [0.29, 0.717) is 0 Å². The lowest BCUT2D eigenvalue weighted by molar-refractivity contribution is 1.21. The van der Waals surface area contributed by atoms with Crippen molar-refractivity contribution in [3.8, 4) is 22.4 Å². The van der Waals surface area contributed by atoms with Crippen molar-refractivity contribution in [3.63, 3.8) is 0 Å². The molecule has 8 rings (SSSR count). The average molecular weight is 472 g/mol. The fourth-order valence-corrected chi connectivity index (χ4v) is 5.69. The molecule has 0 N–H and O–H groups in total. The number of pyridine rings is 1. The Kier molecular flexibility index (Phi) is 4.23. The van der Waals surface area contributed by atoms with Crippen LogP contribution in [0.2, 0.25) is 0 Å². The molecule has 0 aliphatic carbocycles. The highest BCUT2D eigenvalue weighted by molar-refractivity contribution is 6.24. The van der Waals surface area contributed by atoms with E-state index in [2.05, 4.69) is 108 Å². The zero-order valence-electron chi connectivity index (χ0n) is 20.0. The van der Waals surface area contributed by atoms with Gasteiger partial charge in [0.25, 0.3) is 0 Å². The third-order valence-corrected chi connectivity index (χ3v) is 7.34. The van der Waals surface area contributed by atoms with Crippen LogP contribution >= 0.6 is 0 Å². The van der Waals surface area contributed by atoms with Gasteiger partial charge < -0.3 is 0 Å². The van der Waals surface area contributed by atoms with Crippen molar-refractivity contribution < 1.29 is 0 Å². The molecule has 0 saturated heterocycles. The van der Waals surface area contributed by atoms with E-state index >= 15 is 0 Å². The van der Waals surface area contributed by atoms with Crippen LogP contribution in [0.15, 0.2) is 127 Å². The zero-order valence-corrected chi connectivity index (χ0v) is 20.0. The molecular formula is C34H21N3. The van der Waals surface area contributed by atoms with Gasteiger partial charge in [0.1, 0.15) is 5.52 Å². The Bertz CT molecular complexity index is 2120. The van der Waals surface area contributed by atoms with Crippen molar-refractivity contribution in [2.45, 2.75) is 0 Å². The van der Waals surface area contributed by atoms with E-state index in [-0.39, 0.29) is 0 Å². The van der Waals surface area contributed by atoms with Crippen LogP contribution in [0.4, 0.5) is 0 Å². The first-order valence-corrected chi connectivity index (χ1v) is 12.5. The summed E-state index contributed by atoms with van der Waals surface area (Å²) in [7, 11) is 0. The molecule has 0 amide bonds. The van der Waals surface area contributed by atoms with Gasteiger partial charge in [-0.3, -0.25) is 4.40 Å². The van der Waals surface area contributed by atoms with E-state index < -0.39 is 0 Å². The van der Waals surface area contributed by atoms with E-state index in [4.69, 9.17) is 9.97 Å². The first kappa shape index (κ1) is 20.2. The maximum absolute atomic E-state index is 5.23. The van der Waals surface area contributed by atoms with Crippen LogP contribution in [0.5, 0.6) is 0 Å². The lowest BCUT2D eigenvalue weighted by atomic mass is 9.98. The van der Waals surface area contributed by atoms with Gasteiger partial charge in [-0.05, 0) is 40.1 Å². The Morgan fingerprint density at radius 1 is 0.514 bits per heavy atom. The minimum Gasteiger partial charge on any atom is -0.291 e. The molecule has 172 valence electrons. The van der Waals surface area contributed by atoms with Gasteiger partial charge in [0.05, 0.1) is 22.2 Å². The van der Waals surface area contributed by atoms with Crippen LogP contribution in [0.1, 0.15) is 0 Å². The quantitative estimate of drug-likeness (QED) is 0.186. The third-order valence-electron chi connectivity index (χ3n) is 7.34. The third kappa shape index (κ3) is 2.95. The summed E-state index contributed by atoms with van der Waals surface area (Å²) < 4.78 is 2.33. The smallest absolute Gasteiger partial charge is 0.165 e. The lowest BCUT2D eigenvalue weighted by Gasteiger charge is -2.14. The predicted octanol–water partition coefficient (Wildman–Crippen LogP) is 8.68. The SMILES string of the molecule is c1ccc(-c2cc(-c3ccccc3)n3c4nc5ccccc5nc4c4ccc5ccccc5c4c23)cc1. The minimum atomic E-state index is 0.873. The summed E-state index contributed by atoms with van der Waals surface area (Å²) in [6.07, 6.45) is 0. The number of para-hydroxylation sites is 2. The molecule has 0 unspecified atom stereocenters. The molecule has 0 aliphatic rings. The van der Waals surface area contributed by atoms with Gasteiger partial charge in [-0.25, -0.2) is 9.97 Å². The molecular weight excluding hydrogens is 450 g/mol. The standard InChI is InChI=1S/C34H21N3/c1-3-11-22(12-4-1)27-21-30(24-14-5-2-6-15-24)37-33(27)31-25-16-8-7-13-23(25)19-20-26(31)32-34(37)36-29-18-10-9-17-28(29)35-32/h1-21H. The van der Waals surface area contributed by atoms with Crippen molar-refractivity contribution in [1.82, 2.24) is 14.4 Å². The van der Waals surface area contributed by atoms with Gasteiger partial charge in [0.2, 0.25) is 0 Å². The van der Waals surface area contributed by atoms with Crippen LogP contribution in [0.25, 0.3) is 71.6 Å². The molecule has 37 heavy (non-hydrogen) atoms. The summed E-state index contributed by atoms with van der Waals surface area (Å²) >= 11 is 0. The van der Waals surface area contributed by atoms with Crippen molar-refractivity contribution in [2.75, 3.05) is 0 Å². The van der Waals surface area contributed by atoms with Crippen LogP contribution in [0.3, 0.4) is 0 Å². The Morgan fingerprint density at radius 2 is 1.16 bits per heavy atom. The van der Waals surface area contributed by atoms with E-state index in [1.165, 1.54) is 27.3 Å². The van der Waals surface area contributed by atoms with E-state index in [0.717, 1.165) is 44.4 Å². The van der Waals surface area contributed by atoms with E-state index in [1.54, 1.807) is 0 Å². The molecule has 5 aromatic carbocycles. The second kappa shape index (κ2) is 7.74. The Morgan fingerprint density at radius 3 is 1.95 bits per heavy atom. The number of hydrogen-bond donors (Lipinski definition) is 0. The highest BCUT2D eigenvalue weighted by Crippen LogP contribution is 2.42.